The summed E-state index contributed by atoms with van der Waals surface area (Å²) >= 11 is 0. The van der Waals surface area contributed by atoms with Gasteiger partial charge in [0.25, 0.3) is 0 Å². The molecule has 1 heterocycles. The zero-order chi connectivity index (χ0) is 34.2. The molecule has 0 aromatic heterocycles. The van der Waals surface area contributed by atoms with Crippen molar-refractivity contribution in [3.8, 4) is 44.9 Å². The molecule has 1 N–H and O–H groups in total. The minimum Gasteiger partial charge on any atom is -0.403 e. The van der Waals surface area contributed by atoms with E-state index in [1.54, 1.807) is 0 Å². The molecule has 0 amide bonds. The molecule has 11 heteroatoms. The third-order valence-corrected chi connectivity index (χ3v) is 12.8. The average Bonchev–Trinajstić information content (AvgIpc) is 3.12. The van der Waals surface area contributed by atoms with Crippen LogP contribution in [-0.4, -0.2) is 13.9 Å². The Balaban J connectivity index is 1.65. The first kappa shape index (κ1) is 32.9. The van der Waals surface area contributed by atoms with Crippen LogP contribution in [0.5, 0.6) is 11.5 Å². The fourth-order valence-corrected chi connectivity index (χ4v) is 10.5. The smallest absolute Gasteiger partial charge is 0.403 e. The molecule has 4 aromatic rings. The molecule has 252 valence electrons. The summed E-state index contributed by atoms with van der Waals surface area (Å²) in [7, 11) is -11.5. The van der Waals surface area contributed by atoms with E-state index in [0.717, 1.165) is 94.2 Å². The first-order valence-corrected chi connectivity index (χ1v) is 19.3. The van der Waals surface area contributed by atoms with E-state index in [0.29, 0.717) is 35.1 Å². The summed E-state index contributed by atoms with van der Waals surface area (Å²) in [6.45, 7) is 7.78. The SMILES string of the molecule is Cc1cc(C)cc(-c2cc3c(c4c2OP(=O)(NS(=O)(=O)C(F)(F)F)Oc2c(-c5cc(C)cc(C)c5)cc5c(c2-4)CCCC5)CCCC3)c1. The maximum absolute atomic E-state index is 14.8. The van der Waals surface area contributed by atoms with Gasteiger partial charge in [-0.05, 0) is 125 Å². The van der Waals surface area contributed by atoms with Gasteiger partial charge >= 0.3 is 23.3 Å². The van der Waals surface area contributed by atoms with Crippen molar-refractivity contribution in [3.63, 3.8) is 0 Å². The van der Waals surface area contributed by atoms with E-state index in [1.807, 2.05) is 76.2 Å². The lowest BCUT2D eigenvalue weighted by Gasteiger charge is -2.28. The van der Waals surface area contributed by atoms with Crippen molar-refractivity contribution in [2.75, 3.05) is 0 Å². The van der Waals surface area contributed by atoms with Crippen LogP contribution in [0.1, 0.15) is 70.2 Å². The van der Waals surface area contributed by atoms with Crippen LogP contribution < -0.4 is 13.5 Å². The van der Waals surface area contributed by atoms with Gasteiger partial charge in [0, 0.05) is 22.3 Å². The van der Waals surface area contributed by atoms with Gasteiger partial charge in [0.1, 0.15) is 11.5 Å². The van der Waals surface area contributed by atoms with Crippen LogP contribution in [0.2, 0.25) is 0 Å². The molecule has 48 heavy (non-hydrogen) atoms. The highest BCUT2D eigenvalue weighted by molar-refractivity contribution is 7.95. The first-order chi connectivity index (χ1) is 22.6. The predicted molar refractivity (Wildman–Crippen MR) is 182 cm³/mol. The van der Waals surface area contributed by atoms with Crippen LogP contribution in [0.4, 0.5) is 13.2 Å². The van der Waals surface area contributed by atoms with Gasteiger partial charge in [-0.15, -0.1) is 0 Å². The third kappa shape index (κ3) is 5.86. The van der Waals surface area contributed by atoms with E-state index < -0.39 is 23.3 Å². The van der Waals surface area contributed by atoms with Gasteiger partial charge in [-0.25, -0.2) is 13.0 Å². The Morgan fingerprint density at radius 2 is 1.00 bits per heavy atom. The molecule has 0 saturated carbocycles. The van der Waals surface area contributed by atoms with Crippen LogP contribution in [0.3, 0.4) is 0 Å². The summed E-state index contributed by atoms with van der Waals surface area (Å²) in [5.41, 5.74) is 5.93. The second kappa shape index (κ2) is 11.8. The van der Waals surface area contributed by atoms with Crippen LogP contribution in [0, 0.1) is 27.7 Å². The quantitative estimate of drug-likeness (QED) is 0.215. The Bertz CT molecular complexity index is 1990. The number of rotatable bonds is 4. The Labute approximate surface area is 279 Å². The van der Waals surface area contributed by atoms with Crippen molar-refractivity contribution >= 4 is 17.8 Å². The van der Waals surface area contributed by atoms with Gasteiger partial charge in [-0.1, -0.05) is 63.1 Å². The number of fused-ring (bicyclic) bond motifs is 7. The Hall–Kier alpha value is -3.59. The van der Waals surface area contributed by atoms with Crippen LogP contribution >= 0.6 is 7.75 Å². The molecule has 6 nitrogen and oxygen atoms in total. The topological polar surface area (TPSA) is 81.7 Å². The van der Waals surface area contributed by atoms with Crippen molar-refractivity contribution in [2.45, 2.75) is 84.6 Å². The van der Waals surface area contributed by atoms with Crippen LogP contribution in [-0.2, 0) is 40.3 Å². The maximum Gasteiger partial charge on any atom is 0.526 e. The van der Waals surface area contributed by atoms with Gasteiger partial charge in [0.05, 0.1) is 0 Å². The highest BCUT2D eigenvalue weighted by Gasteiger charge is 2.53. The Morgan fingerprint density at radius 3 is 1.38 bits per heavy atom. The van der Waals surface area contributed by atoms with Gasteiger partial charge < -0.3 is 9.05 Å². The van der Waals surface area contributed by atoms with Gasteiger partial charge in [-0.3, -0.25) is 0 Å². The van der Waals surface area contributed by atoms with Crippen LogP contribution in [0.15, 0.2) is 48.5 Å². The monoisotopic (exact) mass is 695 g/mol. The third-order valence-electron chi connectivity index (χ3n) is 9.48. The molecule has 0 saturated heterocycles. The average molecular weight is 696 g/mol. The fraction of sp³-hybridized carbons (Fsp3) is 0.351. The highest BCUT2D eigenvalue weighted by atomic mass is 32.2. The van der Waals surface area contributed by atoms with Crippen molar-refractivity contribution in [3.05, 3.63) is 93.0 Å². The number of hydrogen-bond donors (Lipinski definition) is 1. The summed E-state index contributed by atoms with van der Waals surface area (Å²) in [5, 5.41) is 0. The van der Waals surface area contributed by atoms with E-state index in [2.05, 4.69) is 0 Å². The molecule has 3 aliphatic rings. The molecule has 0 fully saturated rings. The van der Waals surface area contributed by atoms with E-state index in [1.165, 1.54) is 4.49 Å². The molecular weight excluding hydrogens is 658 g/mol. The molecule has 0 atom stereocenters. The lowest BCUT2D eigenvalue weighted by Crippen LogP contribution is -2.36. The second-order valence-corrected chi connectivity index (χ2v) is 17.0. The second-order valence-electron chi connectivity index (χ2n) is 13.4. The maximum atomic E-state index is 14.8. The summed E-state index contributed by atoms with van der Waals surface area (Å²) in [5.74, 6) is 0.135. The van der Waals surface area contributed by atoms with Crippen molar-refractivity contribution in [1.82, 2.24) is 4.49 Å². The lowest BCUT2D eigenvalue weighted by atomic mass is 9.77. The number of alkyl halides is 3. The molecular formula is C37H37F3NO5PS. The molecule has 0 spiro atoms. The number of nitrogens with one attached hydrogen (secondary N) is 1. The van der Waals surface area contributed by atoms with E-state index in [9.17, 15) is 26.2 Å². The minimum atomic E-state index is -6.16. The molecule has 1 aliphatic heterocycles. The van der Waals surface area contributed by atoms with Crippen molar-refractivity contribution in [1.29, 1.82) is 0 Å². The molecule has 0 radical (unpaired) electrons. The lowest BCUT2D eigenvalue weighted by molar-refractivity contribution is -0.0443. The predicted octanol–water partition coefficient (Wildman–Crippen LogP) is 10.00. The van der Waals surface area contributed by atoms with Gasteiger partial charge in [0.2, 0.25) is 0 Å². The normalized spacial score (nSPS) is 16.8. The molecule has 2 aliphatic carbocycles. The summed E-state index contributed by atoms with van der Waals surface area (Å²) in [6, 6.07) is 15.7. The number of aryl methyl sites for hydroxylation is 6. The summed E-state index contributed by atoms with van der Waals surface area (Å²) in [6.07, 6.45) is 6.62. The number of hydrogen-bond acceptors (Lipinski definition) is 5. The number of sulfonamides is 1. The summed E-state index contributed by atoms with van der Waals surface area (Å²) < 4.78 is 95.4. The van der Waals surface area contributed by atoms with Gasteiger partial charge in [0.15, 0.2) is 0 Å². The Morgan fingerprint density at radius 1 is 0.625 bits per heavy atom. The molecule has 0 unspecified atom stereocenters. The first-order valence-electron chi connectivity index (χ1n) is 16.3. The molecule has 7 rings (SSSR count). The van der Waals surface area contributed by atoms with Crippen LogP contribution in [0.25, 0.3) is 33.4 Å². The summed E-state index contributed by atoms with van der Waals surface area (Å²) in [4.78, 5) is 0. The number of halogens is 3. The minimum absolute atomic E-state index is 0.0676. The van der Waals surface area contributed by atoms with E-state index in [-0.39, 0.29) is 11.5 Å². The van der Waals surface area contributed by atoms with Crippen molar-refractivity contribution in [2.24, 2.45) is 0 Å². The largest absolute Gasteiger partial charge is 0.526 e. The number of benzene rings is 4. The van der Waals surface area contributed by atoms with Gasteiger partial charge in [-0.2, -0.15) is 13.2 Å². The van der Waals surface area contributed by atoms with E-state index in [4.69, 9.17) is 9.05 Å². The molecule has 4 aromatic carbocycles. The fourth-order valence-electron chi connectivity index (χ4n) is 7.67. The Kier molecular flexibility index (Phi) is 8.08. The highest BCUT2D eigenvalue weighted by Crippen LogP contribution is 2.62. The zero-order valence-corrected chi connectivity index (χ0v) is 29.0. The van der Waals surface area contributed by atoms with Crippen molar-refractivity contribution < 1.29 is 35.2 Å². The van der Waals surface area contributed by atoms with E-state index >= 15 is 0 Å². The standard InChI is InChI=1S/C37H37F3NO5PS/c1-21-13-22(2)16-27(15-21)31-19-25-9-5-7-11-29(25)33-34-30-12-8-6-10-26(30)20-32(28-17-23(3)14-24(4)18-28)36(34)46-47(42,45-35(31)33)41-48(43,44)37(38,39)40/h13-20H,5-12H2,1-4H3,(H,41,42). The molecule has 0 bridgehead atoms. The zero-order valence-electron chi connectivity index (χ0n) is 27.3.